The van der Waals surface area contributed by atoms with Crippen molar-refractivity contribution in [1.29, 1.82) is 0 Å². The van der Waals surface area contributed by atoms with Crippen molar-refractivity contribution in [3.8, 4) is 0 Å². The van der Waals surface area contributed by atoms with Gasteiger partial charge >= 0.3 is 0 Å². The van der Waals surface area contributed by atoms with Crippen LogP contribution in [-0.2, 0) is 0 Å². The fourth-order valence-corrected chi connectivity index (χ4v) is 1.56. The van der Waals surface area contributed by atoms with Gasteiger partial charge in [0.2, 0.25) is 0 Å². The molecule has 1 aliphatic rings. The monoisotopic (exact) mass is 143 g/mol. The number of aliphatic hydroxyl groups excluding tert-OH is 1. The van der Waals surface area contributed by atoms with Crippen LogP contribution in [0.5, 0.6) is 0 Å². The third-order valence-corrected chi connectivity index (χ3v) is 2.48. The summed E-state index contributed by atoms with van der Waals surface area (Å²) in [7, 11) is 0. The van der Waals surface area contributed by atoms with E-state index >= 15 is 0 Å². The molecule has 0 aromatic heterocycles. The summed E-state index contributed by atoms with van der Waals surface area (Å²) >= 11 is 0. The lowest BCUT2D eigenvalue weighted by Gasteiger charge is -2.26. The Kier molecular flexibility index (Phi) is 3.16. The zero-order valence-electron chi connectivity index (χ0n) is 6.64. The molecule has 0 spiro atoms. The molecule has 1 saturated heterocycles. The molecule has 0 aromatic carbocycles. The summed E-state index contributed by atoms with van der Waals surface area (Å²) in [5, 5.41) is 12.2. The third kappa shape index (κ3) is 1.96. The smallest absolute Gasteiger partial charge is 0.0459 e. The molecule has 1 aliphatic heterocycles. The lowest BCUT2D eigenvalue weighted by molar-refractivity contribution is 0.165. The van der Waals surface area contributed by atoms with Crippen molar-refractivity contribution in [3.05, 3.63) is 0 Å². The van der Waals surface area contributed by atoms with Crippen LogP contribution in [0, 0.1) is 11.8 Å². The molecule has 0 amide bonds. The minimum atomic E-state index is 0.352. The van der Waals surface area contributed by atoms with Crippen molar-refractivity contribution in [2.24, 2.45) is 11.8 Å². The van der Waals surface area contributed by atoms with Crippen LogP contribution < -0.4 is 5.32 Å². The highest BCUT2D eigenvalue weighted by atomic mass is 16.3. The van der Waals surface area contributed by atoms with Gasteiger partial charge in [-0.05, 0) is 37.8 Å². The normalized spacial score (nSPS) is 24.6. The van der Waals surface area contributed by atoms with E-state index in [4.69, 9.17) is 5.11 Å². The van der Waals surface area contributed by atoms with Crippen LogP contribution in [0.25, 0.3) is 0 Å². The predicted molar refractivity (Wildman–Crippen MR) is 41.8 cm³/mol. The van der Waals surface area contributed by atoms with Gasteiger partial charge in [-0.15, -0.1) is 0 Å². The van der Waals surface area contributed by atoms with Crippen LogP contribution in [0.15, 0.2) is 0 Å². The number of hydrogen-bond acceptors (Lipinski definition) is 2. The van der Waals surface area contributed by atoms with Gasteiger partial charge in [0.05, 0.1) is 0 Å². The lowest BCUT2D eigenvalue weighted by Crippen LogP contribution is -2.31. The highest BCUT2D eigenvalue weighted by molar-refractivity contribution is 4.72. The molecule has 60 valence electrons. The molecule has 2 heteroatoms. The molecule has 0 radical (unpaired) electrons. The average molecular weight is 143 g/mol. The molecule has 0 aliphatic carbocycles. The zero-order chi connectivity index (χ0) is 7.40. The van der Waals surface area contributed by atoms with Crippen LogP contribution in [0.1, 0.15) is 19.8 Å². The quantitative estimate of drug-likeness (QED) is 0.593. The van der Waals surface area contributed by atoms with Crippen molar-refractivity contribution in [1.82, 2.24) is 5.32 Å². The van der Waals surface area contributed by atoms with E-state index in [1.165, 1.54) is 12.8 Å². The molecule has 0 saturated carbocycles. The first-order valence-corrected chi connectivity index (χ1v) is 4.16. The Balaban J connectivity index is 2.24. The second-order valence-corrected chi connectivity index (χ2v) is 3.25. The largest absolute Gasteiger partial charge is 0.396 e. The van der Waals surface area contributed by atoms with Gasteiger partial charge in [0.25, 0.3) is 0 Å². The van der Waals surface area contributed by atoms with Gasteiger partial charge in [-0.3, -0.25) is 0 Å². The van der Waals surface area contributed by atoms with E-state index < -0.39 is 0 Å². The standard InChI is InChI=1S/C8H17NO/c1-7(6-10)8-2-4-9-5-3-8/h7-10H,2-6H2,1H3/t7-/m1/s1. The third-order valence-electron chi connectivity index (χ3n) is 2.48. The number of aliphatic hydroxyl groups is 1. The van der Waals surface area contributed by atoms with Gasteiger partial charge in [0.15, 0.2) is 0 Å². The van der Waals surface area contributed by atoms with Crippen LogP contribution in [0.3, 0.4) is 0 Å². The summed E-state index contributed by atoms with van der Waals surface area (Å²) in [6, 6.07) is 0. The first kappa shape index (κ1) is 8.02. The molecule has 1 fully saturated rings. The van der Waals surface area contributed by atoms with Crippen molar-refractivity contribution >= 4 is 0 Å². The Bertz CT molecular complexity index is 89.3. The van der Waals surface area contributed by atoms with E-state index in [9.17, 15) is 0 Å². The Labute approximate surface area is 62.6 Å². The first-order chi connectivity index (χ1) is 4.84. The number of piperidine rings is 1. The van der Waals surface area contributed by atoms with Gasteiger partial charge in [-0.1, -0.05) is 6.92 Å². The Hall–Kier alpha value is -0.0800. The van der Waals surface area contributed by atoms with Crippen molar-refractivity contribution < 1.29 is 5.11 Å². The van der Waals surface area contributed by atoms with E-state index in [-0.39, 0.29) is 0 Å². The van der Waals surface area contributed by atoms with Crippen LogP contribution in [0.2, 0.25) is 0 Å². The number of rotatable bonds is 2. The van der Waals surface area contributed by atoms with Crippen molar-refractivity contribution in [2.75, 3.05) is 19.7 Å². The summed E-state index contributed by atoms with van der Waals surface area (Å²) in [5.74, 6) is 1.26. The molecule has 2 nitrogen and oxygen atoms in total. The molecule has 10 heavy (non-hydrogen) atoms. The second-order valence-electron chi connectivity index (χ2n) is 3.25. The van der Waals surface area contributed by atoms with E-state index in [1.54, 1.807) is 0 Å². The van der Waals surface area contributed by atoms with Crippen LogP contribution >= 0.6 is 0 Å². The molecule has 1 heterocycles. The van der Waals surface area contributed by atoms with E-state index in [2.05, 4.69) is 12.2 Å². The maximum Gasteiger partial charge on any atom is 0.0459 e. The van der Waals surface area contributed by atoms with Gasteiger partial charge in [0.1, 0.15) is 0 Å². The highest BCUT2D eigenvalue weighted by Gasteiger charge is 2.18. The van der Waals surface area contributed by atoms with Crippen molar-refractivity contribution in [3.63, 3.8) is 0 Å². The highest BCUT2D eigenvalue weighted by Crippen LogP contribution is 2.20. The van der Waals surface area contributed by atoms with E-state index in [0.717, 1.165) is 19.0 Å². The van der Waals surface area contributed by atoms with Gasteiger partial charge in [-0.2, -0.15) is 0 Å². The minimum absolute atomic E-state index is 0.352. The summed E-state index contributed by atoms with van der Waals surface area (Å²) in [6.07, 6.45) is 2.48. The van der Waals surface area contributed by atoms with Crippen molar-refractivity contribution in [2.45, 2.75) is 19.8 Å². The van der Waals surface area contributed by atoms with E-state index in [1.807, 2.05) is 0 Å². The molecule has 2 N–H and O–H groups in total. The van der Waals surface area contributed by atoms with Gasteiger partial charge < -0.3 is 10.4 Å². The zero-order valence-corrected chi connectivity index (χ0v) is 6.64. The molecule has 0 unspecified atom stereocenters. The average Bonchev–Trinajstić information content (AvgIpc) is 2.05. The number of hydrogen-bond donors (Lipinski definition) is 2. The predicted octanol–water partition coefficient (Wildman–Crippen LogP) is 0.614. The maximum absolute atomic E-state index is 8.87. The second kappa shape index (κ2) is 3.94. The maximum atomic E-state index is 8.87. The topological polar surface area (TPSA) is 32.3 Å². The Morgan fingerprint density at radius 1 is 1.50 bits per heavy atom. The lowest BCUT2D eigenvalue weighted by atomic mass is 9.87. The summed E-state index contributed by atoms with van der Waals surface area (Å²) in [5.41, 5.74) is 0. The summed E-state index contributed by atoms with van der Waals surface area (Å²) in [6.45, 7) is 4.75. The van der Waals surface area contributed by atoms with Crippen LogP contribution in [-0.4, -0.2) is 24.8 Å². The molecular formula is C8H17NO. The first-order valence-electron chi connectivity index (χ1n) is 4.16. The Morgan fingerprint density at radius 2 is 2.10 bits per heavy atom. The van der Waals surface area contributed by atoms with E-state index in [0.29, 0.717) is 12.5 Å². The fourth-order valence-electron chi connectivity index (χ4n) is 1.56. The molecular weight excluding hydrogens is 126 g/mol. The molecule has 1 rings (SSSR count). The summed E-state index contributed by atoms with van der Waals surface area (Å²) in [4.78, 5) is 0. The van der Waals surface area contributed by atoms with Crippen LogP contribution in [0.4, 0.5) is 0 Å². The summed E-state index contributed by atoms with van der Waals surface area (Å²) < 4.78 is 0. The van der Waals surface area contributed by atoms with Gasteiger partial charge in [-0.25, -0.2) is 0 Å². The van der Waals surface area contributed by atoms with Gasteiger partial charge in [0, 0.05) is 6.61 Å². The SMILES string of the molecule is C[C@H](CO)C1CCNCC1. The molecule has 1 atom stereocenters. The minimum Gasteiger partial charge on any atom is -0.396 e. The Morgan fingerprint density at radius 3 is 2.60 bits per heavy atom. The molecule has 0 aromatic rings. The fraction of sp³-hybridized carbons (Fsp3) is 1.00. The number of nitrogens with one attached hydrogen (secondary N) is 1. The molecule has 0 bridgehead atoms.